The number of aryl methyl sites for hydroxylation is 2. The number of hydrogen-bond donors (Lipinski definition) is 0. The summed E-state index contributed by atoms with van der Waals surface area (Å²) in [4.78, 5) is 22.4. The Morgan fingerprint density at radius 2 is 1.71 bits per heavy atom. The third kappa shape index (κ3) is 4.81. The Bertz CT molecular complexity index is 401. The predicted octanol–water partition coefficient (Wildman–Crippen LogP) is 2.83. The van der Waals surface area contributed by atoms with Crippen molar-refractivity contribution in [3.63, 3.8) is 0 Å². The Labute approximate surface area is 102 Å². The van der Waals surface area contributed by atoms with Gasteiger partial charge in [0, 0.05) is 6.42 Å². The van der Waals surface area contributed by atoms with E-state index < -0.39 is 0 Å². The van der Waals surface area contributed by atoms with Gasteiger partial charge in [0.05, 0.1) is 12.2 Å². The summed E-state index contributed by atoms with van der Waals surface area (Å²) < 4.78 is 5.10. The van der Waals surface area contributed by atoms with Crippen molar-refractivity contribution in [1.29, 1.82) is 0 Å². The van der Waals surface area contributed by atoms with Gasteiger partial charge in [0.2, 0.25) is 0 Å². The molecule has 0 spiro atoms. The first kappa shape index (κ1) is 13.4. The predicted molar refractivity (Wildman–Crippen MR) is 66.1 cm³/mol. The molecule has 0 saturated heterocycles. The van der Waals surface area contributed by atoms with Crippen molar-refractivity contribution in [2.75, 3.05) is 6.61 Å². The van der Waals surface area contributed by atoms with E-state index in [1.165, 1.54) is 6.92 Å². The van der Waals surface area contributed by atoms with Gasteiger partial charge in [0.15, 0.2) is 0 Å². The number of Topliss-reactive ketones (excluding diaryl/α,β-unsaturated/α-hetero) is 1. The Balaban J connectivity index is 2.49. The van der Waals surface area contributed by atoms with Crippen LogP contribution in [0.5, 0.6) is 0 Å². The molecule has 0 N–H and O–H groups in total. The van der Waals surface area contributed by atoms with E-state index >= 15 is 0 Å². The average Bonchev–Trinajstić information content (AvgIpc) is 2.22. The minimum Gasteiger partial charge on any atom is -0.462 e. The van der Waals surface area contributed by atoms with Crippen LogP contribution in [0.25, 0.3) is 0 Å². The van der Waals surface area contributed by atoms with E-state index in [1.807, 2.05) is 19.9 Å². The largest absolute Gasteiger partial charge is 0.462 e. The van der Waals surface area contributed by atoms with Crippen LogP contribution in [0.15, 0.2) is 18.2 Å². The lowest BCUT2D eigenvalue weighted by atomic mass is 10.1. The molecule has 0 aliphatic carbocycles. The molecule has 92 valence electrons. The number of carbonyl (C=O) groups excluding carboxylic acids is 2. The van der Waals surface area contributed by atoms with Gasteiger partial charge >= 0.3 is 5.97 Å². The molecule has 1 aromatic rings. The van der Waals surface area contributed by atoms with Crippen LogP contribution in [0, 0.1) is 13.8 Å². The van der Waals surface area contributed by atoms with Gasteiger partial charge in [-0.25, -0.2) is 4.79 Å². The Hall–Kier alpha value is -1.64. The van der Waals surface area contributed by atoms with E-state index in [2.05, 4.69) is 0 Å². The number of ketones is 1. The zero-order valence-electron chi connectivity index (χ0n) is 10.6. The Morgan fingerprint density at radius 1 is 1.12 bits per heavy atom. The Kier molecular flexibility index (Phi) is 4.88. The highest BCUT2D eigenvalue weighted by atomic mass is 16.5. The van der Waals surface area contributed by atoms with Gasteiger partial charge in [-0.3, -0.25) is 0 Å². The maximum atomic E-state index is 11.7. The fourth-order valence-electron chi connectivity index (χ4n) is 1.66. The molecule has 1 aromatic carbocycles. The number of hydrogen-bond acceptors (Lipinski definition) is 3. The van der Waals surface area contributed by atoms with Crippen LogP contribution in [0.4, 0.5) is 0 Å². The number of esters is 1. The first-order valence-electron chi connectivity index (χ1n) is 5.74. The highest BCUT2D eigenvalue weighted by molar-refractivity contribution is 5.89. The summed E-state index contributed by atoms with van der Waals surface area (Å²) in [5, 5.41) is 0. The summed E-state index contributed by atoms with van der Waals surface area (Å²) in [6, 6.07) is 5.62. The molecular formula is C14H18O3. The quantitative estimate of drug-likeness (QED) is 0.581. The van der Waals surface area contributed by atoms with Gasteiger partial charge in [0.1, 0.15) is 5.78 Å². The smallest absolute Gasteiger partial charge is 0.338 e. The van der Waals surface area contributed by atoms with Crippen LogP contribution >= 0.6 is 0 Å². The summed E-state index contributed by atoms with van der Waals surface area (Å²) in [6.45, 7) is 5.72. The van der Waals surface area contributed by atoms with Gasteiger partial charge < -0.3 is 9.53 Å². The van der Waals surface area contributed by atoms with Crippen LogP contribution in [-0.4, -0.2) is 18.4 Å². The minimum atomic E-state index is -0.319. The van der Waals surface area contributed by atoms with Gasteiger partial charge in [0.25, 0.3) is 0 Å². The van der Waals surface area contributed by atoms with Gasteiger partial charge in [-0.2, -0.15) is 0 Å². The fourth-order valence-corrected chi connectivity index (χ4v) is 1.66. The van der Waals surface area contributed by atoms with Crippen molar-refractivity contribution in [3.05, 3.63) is 34.9 Å². The molecule has 0 atom stereocenters. The molecule has 0 aromatic heterocycles. The summed E-state index contributed by atoms with van der Waals surface area (Å²) in [7, 11) is 0. The zero-order chi connectivity index (χ0) is 12.8. The molecule has 17 heavy (non-hydrogen) atoms. The maximum absolute atomic E-state index is 11.7. The van der Waals surface area contributed by atoms with E-state index in [-0.39, 0.29) is 11.8 Å². The molecule has 0 amide bonds. The average molecular weight is 234 g/mol. The normalized spacial score (nSPS) is 10.1. The molecule has 0 bridgehead atoms. The lowest BCUT2D eigenvalue weighted by Crippen LogP contribution is -2.08. The van der Waals surface area contributed by atoms with Crippen molar-refractivity contribution in [1.82, 2.24) is 0 Å². The van der Waals surface area contributed by atoms with E-state index in [0.717, 1.165) is 11.1 Å². The van der Waals surface area contributed by atoms with Crippen LogP contribution in [0.3, 0.4) is 0 Å². The van der Waals surface area contributed by atoms with Crippen molar-refractivity contribution in [2.45, 2.75) is 33.6 Å². The van der Waals surface area contributed by atoms with E-state index in [4.69, 9.17) is 4.74 Å². The maximum Gasteiger partial charge on any atom is 0.338 e. The highest BCUT2D eigenvalue weighted by Gasteiger charge is 2.08. The third-order valence-electron chi connectivity index (χ3n) is 2.36. The molecule has 0 saturated carbocycles. The highest BCUT2D eigenvalue weighted by Crippen LogP contribution is 2.10. The van der Waals surface area contributed by atoms with Crippen LogP contribution < -0.4 is 0 Å². The summed E-state index contributed by atoms with van der Waals surface area (Å²) >= 11 is 0. The molecule has 0 radical (unpaired) electrons. The second-order valence-corrected chi connectivity index (χ2v) is 4.32. The minimum absolute atomic E-state index is 0.118. The van der Waals surface area contributed by atoms with Gasteiger partial charge in [-0.05, 0) is 39.3 Å². The summed E-state index contributed by atoms with van der Waals surface area (Å²) in [5.41, 5.74) is 2.66. The topological polar surface area (TPSA) is 43.4 Å². The summed E-state index contributed by atoms with van der Waals surface area (Å²) in [6.07, 6.45) is 1.05. The second kappa shape index (κ2) is 6.18. The van der Waals surface area contributed by atoms with Gasteiger partial charge in [-0.1, -0.05) is 17.2 Å². The van der Waals surface area contributed by atoms with E-state index in [0.29, 0.717) is 25.0 Å². The second-order valence-electron chi connectivity index (χ2n) is 4.32. The molecule has 3 nitrogen and oxygen atoms in total. The first-order valence-corrected chi connectivity index (χ1v) is 5.74. The van der Waals surface area contributed by atoms with E-state index in [9.17, 15) is 9.59 Å². The molecule has 0 heterocycles. The molecule has 0 unspecified atom stereocenters. The monoisotopic (exact) mass is 234 g/mol. The fraction of sp³-hybridized carbons (Fsp3) is 0.429. The van der Waals surface area contributed by atoms with Crippen molar-refractivity contribution >= 4 is 11.8 Å². The van der Waals surface area contributed by atoms with Crippen LogP contribution in [0.1, 0.15) is 41.3 Å². The SMILES string of the molecule is CC(=O)CCCOC(=O)c1cc(C)cc(C)c1. The number of benzene rings is 1. The molecule has 0 fully saturated rings. The molecular weight excluding hydrogens is 216 g/mol. The van der Waals surface area contributed by atoms with Crippen LogP contribution in [-0.2, 0) is 9.53 Å². The van der Waals surface area contributed by atoms with Crippen molar-refractivity contribution in [3.8, 4) is 0 Å². The van der Waals surface area contributed by atoms with Crippen LogP contribution in [0.2, 0.25) is 0 Å². The van der Waals surface area contributed by atoms with Crippen molar-refractivity contribution < 1.29 is 14.3 Å². The first-order chi connectivity index (χ1) is 7.99. The zero-order valence-corrected chi connectivity index (χ0v) is 10.6. The lowest BCUT2D eigenvalue weighted by molar-refractivity contribution is -0.117. The summed E-state index contributed by atoms with van der Waals surface area (Å²) in [5.74, 6) is -0.201. The molecule has 0 aliphatic rings. The third-order valence-corrected chi connectivity index (χ3v) is 2.36. The standard InChI is InChI=1S/C14H18O3/c1-10-7-11(2)9-13(8-10)14(16)17-6-4-5-12(3)15/h7-9H,4-6H2,1-3H3. The Morgan fingerprint density at radius 3 is 2.24 bits per heavy atom. The number of carbonyl (C=O) groups is 2. The van der Waals surface area contributed by atoms with Crippen molar-refractivity contribution in [2.24, 2.45) is 0 Å². The number of rotatable bonds is 5. The van der Waals surface area contributed by atoms with Gasteiger partial charge in [-0.15, -0.1) is 0 Å². The molecule has 0 aliphatic heterocycles. The molecule has 1 rings (SSSR count). The molecule has 3 heteroatoms. The number of ether oxygens (including phenoxy) is 1. The van der Waals surface area contributed by atoms with E-state index in [1.54, 1.807) is 12.1 Å². The lowest BCUT2D eigenvalue weighted by Gasteiger charge is -2.06.